The van der Waals surface area contributed by atoms with E-state index in [1.54, 1.807) is 0 Å². The highest BCUT2D eigenvalue weighted by atomic mass is 16.5. The van der Waals surface area contributed by atoms with Crippen LogP contribution in [0.3, 0.4) is 0 Å². The molecule has 1 aromatic heterocycles. The van der Waals surface area contributed by atoms with Crippen LogP contribution in [0.4, 0.5) is 0 Å². The Balaban J connectivity index is 2.09. The summed E-state index contributed by atoms with van der Waals surface area (Å²) < 4.78 is 5.39. The first-order valence-electron chi connectivity index (χ1n) is 5.53. The molecule has 1 saturated heterocycles. The number of morpholine rings is 1. The summed E-state index contributed by atoms with van der Waals surface area (Å²) in [5, 5.41) is 3.35. The lowest BCUT2D eigenvalue weighted by molar-refractivity contribution is 0.0741. The van der Waals surface area contributed by atoms with E-state index < -0.39 is 0 Å². The number of aromatic nitrogens is 2. The normalized spacial score (nSPS) is 21.5. The van der Waals surface area contributed by atoms with E-state index in [0.29, 0.717) is 6.61 Å². The zero-order valence-corrected chi connectivity index (χ0v) is 9.07. The molecule has 0 amide bonds. The molecule has 0 saturated carbocycles. The van der Waals surface area contributed by atoms with Crippen LogP contribution in [-0.4, -0.2) is 29.7 Å². The minimum atomic E-state index is 0.163. The molecule has 0 spiro atoms. The fourth-order valence-corrected chi connectivity index (χ4v) is 1.71. The van der Waals surface area contributed by atoms with Gasteiger partial charge in [0.15, 0.2) is 0 Å². The maximum absolute atomic E-state index is 5.39. The molecule has 4 heteroatoms. The third-order valence-electron chi connectivity index (χ3n) is 2.47. The summed E-state index contributed by atoms with van der Waals surface area (Å²) in [5.41, 5.74) is 1.12. The van der Waals surface area contributed by atoms with Crippen molar-refractivity contribution in [1.82, 2.24) is 15.3 Å². The zero-order chi connectivity index (χ0) is 10.5. The summed E-state index contributed by atoms with van der Waals surface area (Å²) in [4.78, 5) is 8.82. The predicted octanol–water partition coefficient (Wildman–Crippen LogP) is 1.09. The van der Waals surface area contributed by atoms with Crippen LogP contribution in [0.25, 0.3) is 0 Å². The average Bonchev–Trinajstić information content (AvgIpc) is 2.31. The predicted molar refractivity (Wildman–Crippen MR) is 57.6 cm³/mol. The molecule has 1 fully saturated rings. The molecule has 1 atom stereocenters. The van der Waals surface area contributed by atoms with Crippen LogP contribution in [0.15, 0.2) is 12.3 Å². The lowest BCUT2D eigenvalue weighted by Gasteiger charge is -2.22. The molecule has 4 nitrogen and oxygen atoms in total. The molecule has 1 aliphatic heterocycles. The van der Waals surface area contributed by atoms with Gasteiger partial charge in [-0.3, -0.25) is 0 Å². The van der Waals surface area contributed by atoms with Gasteiger partial charge in [-0.2, -0.15) is 0 Å². The van der Waals surface area contributed by atoms with E-state index in [0.717, 1.165) is 37.5 Å². The summed E-state index contributed by atoms with van der Waals surface area (Å²) in [6.45, 7) is 4.50. The van der Waals surface area contributed by atoms with Gasteiger partial charge in [0, 0.05) is 18.4 Å². The van der Waals surface area contributed by atoms with Crippen molar-refractivity contribution in [2.45, 2.75) is 25.8 Å². The highest BCUT2D eigenvalue weighted by Gasteiger charge is 2.17. The number of nitrogens with one attached hydrogen (secondary N) is 1. The van der Waals surface area contributed by atoms with Crippen LogP contribution in [0.2, 0.25) is 0 Å². The molecule has 0 aromatic carbocycles. The van der Waals surface area contributed by atoms with Gasteiger partial charge in [0.25, 0.3) is 0 Å². The summed E-state index contributed by atoms with van der Waals surface area (Å²) >= 11 is 0. The fourth-order valence-electron chi connectivity index (χ4n) is 1.71. The number of aryl methyl sites for hydroxylation is 1. The lowest BCUT2D eigenvalue weighted by Crippen LogP contribution is -2.35. The smallest absolute Gasteiger partial charge is 0.147 e. The molecular formula is C11H17N3O. The number of hydrogen-bond acceptors (Lipinski definition) is 4. The van der Waals surface area contributed by atoms with Gasteiger partial charge in [-0.1, -0.05) is 13.3 Å². The Hall–Kier alpha value is -1.00. The highest BCUT2D eigenvalue weighted by Crippen LogP contribution is 2.11. The van der Waals surface area contributed by atoms with Gasteiger partial charge >= 0.3 is 0 Å². The average molecular weight is 207 g/mol. The van der Waals surface area contributed by atoms with Gasteiger partial charge in [0.1, 0.15) is 5.82 Å². The second kappa shape index (κ2) is 5.19. The molecule has 1 N–H and O–H groups in total. The van der Waals surface area contributed by atoms with Crippen LogP contribution in [0, 0.1) is 0 Å². The molecule has 0 bridgehead atoms. The molecule has 1 aliphatic rings. The zero-order valence-electron chi connectivity index (χ0n) is 9.07. The Morgan fingerprint density at radius 1 is 1.60 bits per heavy atom. The van der Waals surface area contributed by atoms with Gasteiger partial charge in [-0.05, 0) is 12.5 Å². The topological polar surface area (TPSA) is 47.0 Å². The quantitative estimate of drug-likeness (QED) is 0.806. The van der Waals surface area contributed by atoms with Gasteiger partial charge < -0.3 is 10.1 Å². The molecule has 1 unspecified atom stereocenters. The second-order valence-electron chi connectivity index (χ2n) is 3.74. The summed E-state index contributed by atoms with van der Waals surface area (Å²) in [5.74, 6) is 0.862. The summed E-state index contributed by atoms with van der Waals surface area (Å²) in [6.07, 6.45) is 3.97. The van der Waals surface area contributed by atoms with Crippen molar-refractivity contribution in [1.29, 1.82) is 0 Å². The minimum Gasteiger partial charge on any atom is -0.378 e. The van der Waals surface area contributed by atoms with E-state index in [9.17, 15) is 0 Å². The monoisotopic (exact) mass is 207 g/mol. The van der Waals surface area contributed by atoms with Crippen LogP contribution in [0.1, 0.15) is 30.9 Å². The van der Waals surface area contributed by atoms with E-state index in [2.05, 4.69) is 22.2 Å². The van der Waals surface area contributed by atoms with Crippen molar-refractivity contribution in [3.63, 3.8) is 0 Å². The second-order valence-corrected chi connectivity index (χ2v) is 3.74. The van der Waals surface area contributed by atoms with Gasteiger partial charge in [-0.15, -0.1) is 0 Å². The van der Waals surface area contributed by atoms with Crippen LogP contribution < -0.4 is 5.32 Å². The van der Waals surface area contributed by atoms with Crippen LogP contribution >= 0.6 is 0 Å². The van der Waals surface area contributed by atoms with Crippen molar-refractivity contribution in [3.05, 3.63) is 23.8 Å². The first-order chi connectivity index (χ1) is 7.40. The van der Waals surface area contributed by atoms with E-state index in [4.69, 9.17) is 4.74 Å². The number of hydrogen-bond donors (Lipinski definition) is 1. The molecule has 15 heavy (non-hydrogen) atoms. The fraction of sp³-hybridized carbons (Fsp3) is 0.636. The number of ether oxygens (including phenoxy) is 1. The molecule has 2 heterocycles. The maximum atomic E-state index is 5.39. The molecule has 2 rings (SSSR count). The Kier molecular flexibility index (Phi) is 3.64. The van der Waals surface area contributed by atoms with E-state index in [1.807, 2.05) is 12.3 Å². The molecule has 0 radical (unpaired) electrons. The van der Waals surface area contributed by atoms with Crippen molar-refractivity contribution < 1.29 is 4.74 Å². The Labute approximate surface area is 90.1 Å². The number of nitrogens with zero attached hydrogens (tertiary/aromatic N) is 2. The van der Waals surface area contributed by atoms with Crippen molar-refractivity contribution >= 4 is 0 Å². The summed E-state index contributed by atoms with van der Waals surface area (Å²) in [6, 6.07) is 2.15. The summed E-state index contributed by atoms with van der Waals surface area (Å²) in [7, 11) is 0. The SMILES string of the molecule is CCCc1ccnc(C2COCCN2)n1. The van der Waals surface area contributed by atoms with Gasteiger partial charge in [-0.25, -0.2) is 9.97 Å². The molecule has 82 valence electrons. The Bertz CT molecular complexity index is 310. The Morgan fingerprint density at radius 2 is 2.53 bits per heavy atom. The lowest BCUT2D eigenvalue weighted by atomic mass is 10.2. The third kappa shape index (κ3) is 2.73. The Morgan fingerprint density at radius 3 is 3.27 bits per heavy atom. The van der Waals surface area contributed by atoms with E-state index in [1.165, 1.54) is 0 Å². The van der Waals surface area contributed by atoms with Crippen molar-refractivity contribution in [2.24, 2.45) is 0 Å². The van der Waals surface area contributed by atoms with Crippen LogP contribution in [-0.2, 0) is 11.2 Å². The van der Waals surface area contributed by atoms with Crippen molar-refractivity contribution in [3.8, 4) is 0 Å². The standard InChI is InChI=1S/C11H17N3O/c1-2-3-9-4-5-13-11(14-9)10-8-15-7-6-12-10/h4-5,10,12H,2-3,6-8H2,1H3. The van der Waals surface area contributed by atoms with Gasteiger partial charge in [0.05, 0.1) is 19.3 Å². The molecule has 0 aliphatic carbocycles. The highest BCUT2D eigenvalue weighted by molar-refractivity contribution is 5.05. The first-order valence-corrected chi connectivity index (χ1v) is 5.53. The third-order valence-corrected chi connectivity index (χ3v) is 2.47. The number of rotatable bonds is 3. The van der Waals surface area contributed by atoms with Gasteiger partial charge in [0.2, 0.25) is 0 Å². The molecular weight excluding hydrogens is 190 g/mol. The minimum absolute atomic E-state index is 0.163. The first kappa shape index (κ1) is 10.5. The van der Waals surface area contributed by atoms with E-state index >= 15 is 0 Å². The molecule has 1 aromatic rings. The largest absolute Gasteiger partial charge is 0.378 e. The van der Waals surface area contributed by atoms with E-state index in [-0.39, 0.29) is 6.04 Å². The maximum Gasteiger partial charge on any atom is 0.147 e. The van der Waals surface area contributed by atoms with Crippen molar-refractivity contribution in [2.75, 3.05) is 19.8 Å². The van der Waals surface area contributed by atoms with Crippen LogP contribution in [0.5, 0.6) is 0 Å².